The van der Waals surface area contributed by atoms with Crippen molar-refractivity contribution in [2.45, 2.75) is 0 Å². The summed E-state index contributed by atoms with van der Waals surface area (Å²) in [6, 6.07) is 65.7. The van der Waals surface area contributed by atoms with Crippen molar-refractivity contribution in [1.29, 1.82) is 0 Å². The molecule has 0 N–H and O–H groups in total. The van der Waals surface area contributed by atoms with Gasteiger partial charge in [-0.3, -0.25) is 0 Å². The van der Waals surface area contributed by atoms with Crippen LogP contribution in [-0.2, 0) is 0 Å². The van der Waals surface area contributed by atoms with Gasteiger partial charge in [0.1, 0.15) is 11.2 Å². The maximum atomic E-state index is 6.30. The molecule has 56 heavy (non-hydrogen) atoms. The van der Waals surface area contributed by atoms with E-state index in [1.54, 1.807) is 11.3 Å². The Morgan fingerprint density at radius 2 is 0.893 bits per heavy atom. The topological polar surface area (TPSA) is 51.8 Å². The van der Waals surface area contributed by atoms with E-state index in [0.717, 1.165) is 55.3 Å². The highest BCUT2D eigenvalue weighted by molar-refractivity contribution is 7.26. The quantitative estimate of drug-likeness (QED) is 0.171. The molecule has 0 aliphatic carbocycles. The number of hydrogen-bond acceptors (Lipinski definition) is 5. The van der Waals surface area contributed by atoms with Gasteiger partial charge < -0.3 is 4.42 Å². The molecule has 0 bridgehead atoms. The van der Waals surface area contributed by atoms with Gasteiger partial charge in [0.15, 0.2) is 17.5 Å². The number of furan rings is 1. The van der Waals surface area contributed by atoms with Gasteiger partial charge in [0.05, 0.1) is 0 Å². The highest BCUT2D eigenvalue weighted by Crippen LogP contribution is 2.44. The largest absolute Gasteiger partial charge is 0.456 e. The van der Waals surface area contributed by atoms with Gasteiger partial charge in [0.25, 0.3) is 0 Å². The molecule has 5 heteroatoms. The smallest absolute Gasteiger partial charge is 0.164 e. The normalized spacial score (nSPS) is 11.6. The summed E-state index contributed by atoms with van der Waals surface area (Å²) < 4.78 is 8.71. The third-order valence-electron chi connectivity index (χ3n) is 10.6. The number of aromatic nitrogens is 3. The van der Waals surface area contributed by atoms with Gasteiger partial charge in [-0.15, -0.1) is 11.3 Å². The van der Waals surface area contributed by atoms with Crippen molar-refractivity contribution < 1.29 is 4.42 Å². The molecule has 0 fully saturated rings. The van der Waals surface area contributed by atoms with Gasteiger partial charge in [-0.05, 0) is 69.8 Å². The van der Waals surface area contributed by atoms with E-state index in [9.17, 15) is 0 Å². The third-order valence-corrected chi connectivity index (χ3v) is 11.7. The van der Waals surface area contributed by atoms with E-state index in [-0.39, 0.29) is 0 Å². The molecule has 0 saturated heterocycles. The highest BCUT2D eigenvalue weighted by Gasteiger charge is 2.18. The van der Waals surface area contributed by atoms with E-state index in [2.05, 4.69) is 140 Å². The number of hydrogen-bond donors (Lipinski definition) is 0. The maximum Gasteiger partial charge on any atom is 0.164 e. The van der Waals surface area contributed by atoms with E-state index >= 15 is 0 Å². The monoisotopic (exact) mass is 733 g/mol. The number of benzene rings is 8. The minimum atomic E-state index is 0.641. The molecular weight excluding hydrogens is 703 g/mol. The Morgan fingerprint density at radius 3 is 1.71 bits per heavy atom. The van der Waals surface area contributed by atoms with Crippen LogP contribution in [0, 0.1) is 0 Å². The molecule has 0 spiro atoms. The first-order valence-corrected chi connectivity index (χ1v) is 19.5. The molecule has 0 atom stereocenters. The first-order valence-electron chi connectivity index (χ1n) is 18.7. The second-order valence-electron chi connectivity index (χ2n) is 14.0. The van der Waals surface area contributed by atoms with Crippen molar-refractivity contribution in [1.82, 2.24) is 15.0 Å². The molecule has 0 radical (unpaired) electrons. The zero-order chi connectivity index (χ0) is 37.0. The lowest BCUT2D eigenvalue weighted by Crippen LogP contribution is -2.00. The first kappa shape index (κ1) is 32.2. The molecule has 0 aliphatic heterocycles. The third kappa shape index (κ3) is 5.56. The lowest BCUT2D eigenvalue weighted by Gasteiger charge is -2.12. The molecule has 0 amide bonds. The Bertz CT molecular complexity index is 3260. The van der Waals surface area contributed by atoms with Crippen molar-refractivity contribution in [3.8, 4) is 67.5 Å². The van der Waals surface area contributed by atoms with Gasteiger partial charge in [-0.25, -0.2) is 15.0 Å². The zero-order valence-electron chi connectivity index (χ0n) is 30.1. The van der Waals surface area contributed by atoms with Gasteiger partial charge in [0, 0.05) is 47.6 Å². The fraction of sp³-hybridized carbons (Fsp3) is 0. The highest BCUT2D eigenvalue weighted by atomic mass is 32.1. The Kier molecular flexibility index (Phi) is 7.64. The first-order chi connectivity index (χ1) is 27.7. The van der Waals surface area contributed by atoms with E-state index < -0.39 is 0 Å². The van der Waals surface area contributed by atoms with Gasteiger partial charge in [-0.2, -0.15) is 0 Å². The Balaban J connectivity index is 1.03. The van der Waals surface area contributed by atoms with E-state index in [1.165, 1.54) is 36.9 Å². The molecule has 11 rings (SSSR count). The average molecular weight is 734 g/mol. The van der Waals surface area contributed by atoms with Crippen LogP contribution >= 0.6 is 11.3 Å². The number of para-hydroxylation sites is 1. The van der Waals surface area contributed by atoms with E-state index in [0.29, 0.717) is 17.5 Å². The van der Waals surface area contributed by atoms with Crippen molar-refractivity contribution in [3.63, 3.8) is 0 Å². The minimum absolute atomic E-state index is 0.641. The zero-order valence-corrected chi connectivity index (χ0v) is 30.9. The summed E-state index contributed by atoms with van der Waals surface area (Å²) in [5.41, 5.74) is 11.6. The summed E-state index contributed by atoms with van der Waals surface area (Å²) in [4.78, 5) is 15.2. The summed E-state index contributed by atoms with van der Waals surface area (Å²) in [6.07, 6.45) is 0. The van der Waals surface area contributed by atoms with Crippen LogP contribution in [0.4, 0.5) is 0 Å². The number of thiophene rings is 1. The van der Waals surface area contributed by atoms with Crippen LogP contribution in [0.15, 0.2) is 192 Å². The molecule has 8 aromatic carbocycles. The molecule has 0 unspecified atom stereocenters. The van der Waals surface area contributed by atoms with Gasteiger partial charge in [-0.1, -0.05) is 152 Å². The van der Waals surface area contributed by atoms with E-state index in [4.69, 9.17) is 19.4 Å². The molecule has 3 heterocycles. The summed E-state index contributed by atoms with van der Waals surface area (Å²) >= 11 is 1.80. The van der Waals surface area contributed by atoms with Crippen LogP contribution in [0.5, 0.6) is 0 Å². The summed E-state index contributed by atoms with van der Waals surface area (Å²) in [5, 5.41) is 4.72. The molecule has 3 aromatic heterocycles. The second-order valence-corrected chi connectivity index (χ2v) is 15.0. The van der Waals surface area contributed by atoms with Crippen LogP contribution < -0.4 is 0 Å². The van der Waals surface area contributed by atoms with Crippen LogP contribution in [0.2, 0.25) is 0 Å². The molecular formula is C51H31N3OS. The molecule has 0 aliphatic rings. The molecule has 262 valence electrons. The fourth-order valence-electron chi connectivity index (χ4n) is 7.87. The predicted octanol–water partition coefficient (Wildman–Crippen LogP) is 14.1. The molecule has 11 aromatic rings. The summed E-state index contributed by atoms with van der Waals surface area (Å²) in [7, 11) is 0. The van der Waals surface area contributed by atoms with Crippen molar-refractivity contribution in [2.24, 2.45) is 0 Å². The SMILES string of the molecule is c1ccc(-c2cccc(-c3nc(-c4ccccc4)nc(-c4ccc5c(c4)sc4cccc(-c6ccccc6-c6ccc7c(c6)oc6ccccc67)c45)n3)c2)cc1. The second kappa shape index (κ2) is 13.3. The Morgan fingerprint density at radius 1 is 0.321 bits per heavy atom. The lowest BCUT2D eigenvalue weighted by atomic mass is 9.91. The number of rotatable bonds is 6. The van der Waals surface area contributed by atoms with Crippen molar-refractivity contribution >= 4 is 53.4 Å². The van der Waals surface area contributed by atoms with Crippen LogP contribution in [0.1, 0.15) is 0 Å². The summed E-state index contributed by atoms with van der Waals surface area (Å²) in [6.45, 7) is 0. The van der Waals surface area contributed by atoms with Gasteiger partial charge >= 0.3 is 0 Å². The average Bonchev–Trinajstić information content (AvgIpc) is 3.84. The summed E-state index contributed by atoms with van der Waals surface area (Å²) in [5.74, 6) is 1.93. The van der Waals surface area contributed by atoms with Crippen molar-refractivity contribution in [3.05, 3.63) is 188 Å². The maximum absolute atomic E-state index is 6.30. The Labute approximate surface area is 327 Å². The molecule has 4 nitrogen and oxygen atoms in total. The number of nitrogens with zero attached hydrogens (tertiary/aromatic N) is 3. The lowest BCUT2D eigenvalue weighted by molar-refractivity contribution is 0.669. The van der Waals surface area contributed by atoms with E-state index in [1.807, 2.05) is 48.5 Å². The molecule has 0 saturated carbocycles. The standard InChI is InChI=1S/C51H31N3OS/c1-3-13-32(14-4-1)34-17-11-18-36(29-34)50-52-49(33-15-5-2-6-16-33)53-51(54-50)37-26-28-43-47(31-37)56-46-24-12-22-42(48(43)46)39-20-8-7-19-38(39)35-25-27-41-40-21-9-10-23-44(40)55-45(41)30-35/h1-31H. The van der Waals surface area contributed by atoms with Crippen molar-refractivity contribution in [2.75, 3.05) is 0 Å². The van der Waals surface area contributed by atoms with Gasteiger partial charge in [0.2, 0.25) is 0 Å². The number of fused-ring (bicyclic) bond motifs is 6. The Hall–Kier alpha value is -7.21. The predicted molar refractivity (Wildman–Crippen MR) is 233 cm³/mol. The fourth-order valence-corrected chi connectivity index (χ4v) is 9.04. The van der Waals surface area contributed by atoms with Crippen LogP contribution in [-0.4, -0.2) is 15.0 Å². The minimum Gasteiger partial charge on any atom is -0.456 e. The van der Waals surface area contributed by atoms with Crippen LogP contribution in [0.3, 0.4) is 0 Å². The van der Waals surface area contributed by atoms with Crippen LogP contribution in [0.25, 0.3) is 110 Å².